The Bertz CT molecular complexity index is 817. The third kappa shape index (κ3) is 5.59. The number of piperazine rings is 1. The Hall–Kier alpha value is -2.31. The second kappa shape index (κ2) is 10.3. The molecular formula is C22H27N3O2S. The lowest BCUT2D eigenvalue weighted by molar-refractivity contribution is 0.101. The van der Waals surface area contributed by atoms with Crippen LogP contribution in [0.15, 0.2) is 48.0 Å². The fourth-order valence-corrected chi connectivity index (χ4v) is 3.54. The molecule has 1 fully saturated rings. The Kier molecular flexibility index (Phi) is 7.51. The number of anilines is 1. The Morgan fingerprint density at radius 3 is 2.75 bits per heavy atom. The first-order valence-corrected chi connectivity index (χ1v) is 10.2. The SMILES string of the molecule is CC(=O)c1cc(OCCCN2CCN(c3ccccc3/C=C\S)CC2)ccn1. The molecule has 6 heteroatoms. The standard InChI is InChI=1S/C22H27N3O2S/c1-18(26)21-17-20(7-9-23-21)27-15-4-10-24-11-13-25(14-12-24)22-6-3-2-5-19(22)8-16-28/h2-3,5-9,16-17,28H,4,10-15H2,1H3/b16-8-. The summed E-state index contributed by atoms with van der Waals surface area (Å²) in [5, 5.41) is 1.79. The average Bonchev–Trinajstić information content (AvgIpc) is 2.73. The first-order chi connectivity index (χ1) is 13.7. The molecule has 1 aliphatic rings. The van der Waals surface area contributed by atoms with Crippen molar-refractivity contribution < 1.29 is 9.53 Å². The number of Topliss-reactive ketones (excluding diaryl/α,β-unsaturated/α-hetero) is 1. The van der Waals surface area contributed by atoms with Crippen molar-refractivity contribution in [1.29, 1.82) is 0 Å². The molecule has 3 rings (SSSR count). The number of thiol groups is 1. The van der Waals surface area contributed by atoms with E-state index in [1.165, 1.54) is 18.2 Å². The van der Waals surface area contributed by atoms with Crippen LogP contribution in [0.2, 0.25) is 0 Å². The minimum Gasteiger partial charge on any atom is -0.493 e. The minimum atomic E-state index is -0.0465. The van der Waals surface area contributed by atoms with E-state index in [1.54, 1.807) is 23.7 Å². The molecule has 0 spiro atoms. The molecule has 28 heavy (non-hydrogen) atoms. The maximum atomic E-state index is 11.4. The summed E-state index contributed by atoms with van der Waals surface area (Å²) >= 11 is 4.21. The summed E-state index contributed by atoms with van der Waals surface area (Å²) in [5.74, 6) is 0.661. The fraction of sp³-hybridized carbons (Fsp3) is 0.364. The molecule has 1 aliphatic heterocycles. The van der Waals surface area contributed by atoms with Crippen molar-refractivity contribution >= 4 is 30.2 Å². The van der Waals surface area contributed by atoms with E-state index in [0.29, 0.717) is 18.1 Å². The summed E-state index contributed by atoms with van der Waals surface area (Å²) in [5.41, 5.74) is 2.93. The lowest BCUT2D eigenvalue weighted by Crippen LogP contribution is -2.47. The maximum absolute atomic E-state index is 11.4. The number of pyridine rings is 1. The van der Waals surface area contributed by atoms with Gasteiger partial charge in [-0.1, -0.05) is 18.2 Å². The molecule has 0 atom stereocenters. The number of aromatic nitrogens is 1. The number of ether oxygens (including phenoxy) is 1. The van der Waals surface area contributed by atoms with Gasteiger partial charge in [0.05, 0.1) is 6.61 Å². The normalized spacial score (nSPS) is 15.1. The minimum absolute atomic E-state index is 0.0465. The molecule has 2 heterocycles. The zero-order valence-electron chi connectivity index (χ0n) is 16.3. The van der Waals surface area contributed by atoms with Gasteiger partial charge in [-0.05, 0) is 35.6 Å². The molecule has 1 aromatic carbocycles. The third-order valence-corrected chi connectivity index (χ3v) is 5.03. The van der Waals surface area contributed by atoms with Crippen molar-refractivity contribution in [2.45, 2.75) is 13.3 Å². The zero-order chi connectivity index (χ0) is 19.8. The molecule has 0 saturated carbocycles. The molecule has 148 valence electrons. The number of rotatable bonds is 8. The van der Waals surface area contributed by atoms with Gasteiger partial charge in [0.2, 0.25) is 0 Å². The van der Waals surface area contributed by atoms with Crippen LogP contribution in [-0.4, -0.2) is 55.0 Å². The van der Waals surface area contributed by atoms with Gasteiger partial charge in [-0.2, -0.15) is 12.6 Å². The quantitative estimate of drug-likeness (QED) is 0.417. The monoisotopic (exact) mass is 397 g/mol. The van der Waals surface area contributed by atoms with Crippen LogP contribution in [0.1, 0.15) is 29.4 Å². The van der Waals surface area contributed by atoms with Crippen molar-refractivity contribution in [3.05, 3.63) is 59.3 Å². The first kappa shape index (κ1) is 20.4. The number of hydrogen-bond donors (Lipinski definition) is 1. The van der Waals surface area contributed by atoms with Gasteiger partial charge in [-0.3, -0.25) is 14.7 Å². The van der Waals surface area contributed by atoms with Crippen LogP contribution in [0.3, 0.4) is 0 Å². The van der Waals surface area contributed by atoms with E-state index < -0.39 is 0 Å². The van der Waals surface area contributed by atoms with Crippen molar-refractivity contribution in [2.75, 3.05) is 44.2 Å². The number of carbonyl (C=O) groups excluding carboxylic acids is 1. The Balaban J connectivity index is 1.42. The van der Waals surface area contributed by atoms with Crippen LogP contribution in [0.25, 0.3) is 6.08 Å². The van der Waals surface area contributed by atoms with E-state index in [0.717, 1.165) is 39.1 Å². The highest BCUT2D eigenvalue weighted by atomic mass is 32.1. The average molecular weight is 398 g/mol. The molecule has 1 saturated heterocycles. The largest absolute Gasteiger partial charge is 0.493 e. The zero-order valence-corrected chi connectivity index (χ0v) is 17.1. The van der Waals surface area contributed by atoms with Crippen molar-refractivity contribution in [3.8, 4) is 5.75 Å². The highest BCUT2D eigenvalue weighted by molar-refractivity contribution is 7.83. The summed E-state index contributed by atoms with van der Waals surface area (Å²) in [6.45, 7) is 7.28. The van der Waals surface area contributed by atoms with Gasteiger partial charge < -0.3 is 9.64 Å². The fourth-order valence-electron chi connectivity index (χ4n) is 3.38. The molecule has 0 bridgehead atoms. The molecule has 0 aliphatic carbocycles. The molecule has 2 aromatic rings. The summed E-state index contributed by atoms with van der Waals surface area (Å²) in [6, 6.07) is 12.0. The van der Waals surface area contributed by atoms with Crippen LogP contribution in [0.4, 0.5) is 5.69 Å². The predicted octanol–water partition coefficient (Wildman–Crippen LogP) is 3.78. The second-order valence-electron chi connectivity index (χ2n) is 6.84. The Morgan fingerprint density at radius 1 is 1.21 bits per heavy atom. The number of hydrogen-bond acceptors (Lipinski definition) is 6. The van der Waals surface area contributed by atoms with Crippen molar-refractivity contribution in [3.63, 3.8) is 0 Å². The highest BCUT2D eigenvalue weighted by Gasteiger charge is 2.18. The van der Waals surface area contributed by atoms with Crippen LogP contribution >= 0.6 is 12.6 Å². The summed E-state index contributed by atoms with van der Waals surface area (Å²) in [7, 11) is 0. The van der Waals surface area contributed by atoms with E-state index in [4.69, 9.17) is 4.74 Å². The van der Waals surface area contributed by atoms with Gasteiger partial charge in [-0.15, -0.1) is 0 Å². The second-order valence-corrected chi connectivity index (χ2v) is 7.14. The number of para-hydroxylation sites is 1. The Labute approximate surface area is 172 Å². The van der Waals surface area contributed by atoms with Gasteiger partial charge in [0, 0.05) is 57.6 Å². The van der Waals surface area contributed by atoms with E-state index in [1.807, 2.05) is 6.08 Å². The summed E-state index contributed by atoms with van der Waals surface area (Å²) in [4.78, 5) is 20.3. The van der Waals surface area contributed by atoms with Gasteiger partial charge in [0.1, 0.15) is 11.4 Å². The van der Waals surface area contributed by atoms with Crippen LogP contribution < -0.4 is 9.64 Å². The molecule has 5 nitrogen and oxygen atoms in total. The smallest absolute Gasteiger partial charge is 0.178 e. The lowest BCUT2D eigenvalue weighted by atomic mass is 10.1. The van der Waals surface area contributed by atoms with Gasteiger partial charge >= 0.3 is 0 Å². The third-order valence-electron chi connectivity index (χ3n) is 4.88. The van der Waals surface area contributed by atoms with E-state index >= 15 is 0 Å². The van der Waals surface area contributed by atoms with Crippen LogP contribution in [0, 0.1) is 0 Å². The summed E-state index contributed by atoms with van der Waals surface area (Å²) < 4.78 is 5.78. The predicted molar refractivity (Wildman–Crippen MR) is 117 cm³/mol. The van der Waals surface area contributed by atoms with Gasteiger partial charge in [0.15, 0.2) is 5.78 Å². The Morgan fingerprint density at radius 2 is 2.00 bits per heavy atom. The van der Waals surface area contributed by atoms with Crippen LogP contribution in [0.5, 0.6) is 5.75 Å². The first-order valence-electron chi connectivity index (χ1n) is 9.64. The molecule has 0 unspecified atom stereocenters. The molecule has 0 amide bonds. The number of ketones is 1. The number of carbonyl (C=O) groups is 1. The van der Waals surface area contributed by atoms with E-state index in [2.05, 4.69) is 51.7 Å². The topological polar surface area (TPSA) is 45.7 Å². The maximum Gasteiger partial charge on any atom is 0.178 e. The number of nitrogens with zero attached hydrogens (tertiary/aromatic N) is 3. The van der Waals surface area contributed by atoms with E-state index in [9.17, 15) is 4.79 Å². The van der Waals surface area contributed by atoms with Gasteiger partial charge in [0.25, 0.3) is 0 Å². The molecular weight excluding hydrogens is 370 g/mol. The van der Waals surface area contributed by atoms with Crippen LogP contribution in [-0.2, 0) is 0 Å². The van der Waals surface area contributed by atoms with E-state index in [-0.39, 0.29) is 5.78 Å². The van der Waals surface area contributed by atoms with Crippen molar-refractivity contribution in [1.82, 2.24) is 9.88 Å². The molecule has 0 N–H and O–H groups in total. The summed E-state index contributed by atoms with van der Waals surface area (Å²) in [6.07, 6.45) is 4.61. The number of benzene rings is 1. The highest BCUT2D eigenvalue weighted by Crippen LogP contribution is 2.23. The molecule has 1 aromatic heterocycles. The molecule has 0 radical (unpaired) electrons. The van der Waals surface area contributed by atoms with Crippen molar-refractivity contribution in [2.24, 2.45) is 0 Å². The van der Waals surface area contributed by atoms with Gasteiger partial charge in [-0.25, -0.2) is 0 Å². The lowest BCUT2D eigenvalue weighted by Gasteiger charge is -2.36.